The molecule has 176 valence electrons. The lowest BCUT2D eigenvalue weighted by Crippen LogP contribution is -2.47. The maximum atomic E-state index is 12.2. The Balaban J connectivity index is 0.000000423. The summed E-state index contributed by atoms with van der Waals surface area (Å²) in [5.74, 6) is -2.01. The fourth-order valence-electron chi connectivity index (χ4n) is 3.39. The van der Waals surface area contributed by atoms with E-state index in [2.05, 4.69) is 4.98 Å². The number of aliphatic carboxylic acids is 1. The molecule has 0 radical (unpaired) electrons. The summed E-state index contributed by atoms with van der Waals surface area (Å²) in [7, 11) is -0.165. The minimum atomic E-state index is -5.08. The van der Waals surface area contributed by atoms with Crippen LogP contribution in [0.25, 0.3) is 0 Å². The van der Waals surface area contributed by atoms with Gasteiger partial charge in [-0.3, -0.25) is 4.98 Å². The molecule has 13 heteroatoms. The molecule has 2 aliphatic heterocycles. The Morgan fingerprint density at radius 2 is 2.00 bits per heavy atom. The molecule has 0 saturated carbocycles. The quantitative estimate of drug-likeness (QED) is 0.700. The number of halogens is 3. The summed E-state index contributed by atoms with van der Waals surface area (Å²) in [5.41, 5.74) is 0.0846. The molecule has 0 aromatic carbocycles. The van der Waals surface area contributed by atoms with Gasteiger partial charge in [0.05, 0.1) is 18.9 Å². The second-order valence-electron chi connectivity index (χ2n) is 7.63. The zero-order valence-electron chi connectivity index (χ0n) is 17.2. The fourth-order valence-corrected chi connectivity index (χ4v) is 4.50. The van der Waals surface area contributed by atoms with Gasteiger partial charge in [-0.1, -0.05) is 0 Å². The first-order valence-electron chi connectivity index (χ1n) is 9.48. The number of ether oxygens (including phenoxy) is 2. The molecule has 2 fully saturated rings. The number of pyridine rings is 1. The number of carbonyl (C=O) groups is 1. The Labute approximate surface area is 178 Å². The van der Waals surface area contributed by atoms with Crippen molar-refractivity contribution in [2.75, 3.05) is 40.4 Å². The van der Waals surface area contributed by atoms with E-state index in [4.69, 9.17) is 19.4 Å². The Morgan fingerprint density at radius 3 is 2.48 bits per heavy atom. The Kier molecular flexibility index (Phi) is 8.25. The van der Waals surface area contributed by atoms with Gasteiger partial charge in [0.15, 0.2) is 0 Å². The number of rotatable bonds is 5. The molecular formula is C18H26F3N3O6S. The van der Waals surface area contributed by atoms with Crippen molar-refractivity contribution in [1.82, 2.24) is 13.6 Å². The molecule has 0 amide bonds. The maximum absolute atomic E-state index is 12.2. The van der Waals surface area contributed by atoms with Crippen LogP contribution in [0.5, 0.6) is 5.75 Å². The highest BCUT2D eigenvalue weighted by Crippen LogP contribution is 2.42. The number of hydrogen-bond acceptors (Lipinski definition) is 6. The van der Waals surface area contributed by atoms with E-state index in [1.165, 1.54) is 4.31 Å². The van der Waals surface area contributed by atoms with Crippen molar-refractivity contribution in [1.29, 1.82) is 0 Å². The number of aromatic nitrogens is 1. The molecule has 1 unspecified atom stereocenters. The average Bonchev–Trinajstić information content (AvgIpc) is 3.09. The number of hydrogen-bond donors (Lipinski definition) is 1. The summed E-state index contributed by atoms with van der Waals surface area (Å²) in [6.07, 6.45) is 0.969. The van der Waals surface area contributed by atoms with Crippen LogP contribution < -0.4 is 4.74 Å². The number of nitrogens with zero attached hydrogens (tertiary/aromatic N) is 3. The van der Waals surface area contributed by atoms with Crippen LogP contribution in [0.15, 0.2) is 24.5 Å². The topological polar surface area (TPSA) is 109 Å². The van der Waals surface area contributed by atoms with Crippen LogP contribution in [0, 0.1) is 5.41 Å². The first kappa shape index (κ1) is 25.3. The second-order valence-corrected chi connectivity index (χ2v) is 9.77. The normalized spacial score (nSPS) is 21.5. The summed E-state index contributed by atoms with van der Waals surface area (Å²) < 4.78 is 70.6. The lowest BCUT2D eigenvalue weighted by atomic mass is 9.77. The van der Waals surface area contributed by atoms with Crippen LogP contribution in [0.3, 0.4) is 0 Å². The minimum Gasteiger partial charge on any atom is -0.489 e. The maximum Gasteiger partial charge on any atom is 0.490 e. The number of piperidine rings is 1. The van der Waals surface area contributed by atoms with Crippen LogP contribution in [0.1, 0.15) is 19.3 Å². The Bertz CT molecular complexity index is 828. The summed E-state index contributed by atoms with van der Waals surface area (Å²) in [4.78, 5) is 12.9. The highest BCUT2D eigenvalue weighted by atomic mass is 32.2. The fraction of sp³-hybridized carbons (Fsp3) is 0.667. The van der Waals surface area contributed by atoms with E-state index < -0.39 is 22.4 Å². The van der Waals surface area contributed by atoms with Crippen molar-refractivity contribution in [2.45, 2.75) is 31.5 Å². The van der Waals surface area contributed by atoms with Gasteiger partial charge in [0, 0.05) is 33.4 Å². The van der Waals surface area contributed by atoms with Crippen molar-refractivity contribution in [2.24, 2.45) is 5.41 Å². The summed E-state index contributed by atoms with van der Waals surface area (Å²) in [5, 5.41) is 7.12. The summed E-state index contributed by atoms with van der Waals surface area (Å²) in [6, 6.07) is 3.72. The molecule has 1 atom stereocenters. The molecule has 3 heterocycles. The lowest BCUT2D eigenvalue weighted by Gasteiger charge is -2.38. The van der Waals surface area contributed by atoms with Gasteiger partial charge in [-0.05, 0) is 36.8 Å². The molecule has 1 N–H and O–H groups in total. The number of carboxylic acid groups (broad SMARTS) is 1. The van der Waals surface area contributed by atoms with E-state index in [0.29, 0.717) is 26.3 Å². The van der Waals surface area contributed by atoms with E-state index in [-0.39, 0.29) is 11.5 Å². The van der Waals surface area contributed by atoms with Crippen molar-refractivity contribution < 1.29 is 41.0 Å². The molecule has 0 bridgehead atoms. The van der Waals surface area contributed by atoms with E-state index in [1.54, 1.807) is 30.8 Å². The average molecular weight is 469 g/mol. The predicted molar refractivity (Wildman–Crippen MR) is 104 cm³/mol. The Morgan fingerprint density at radius 1 is 1.39 bits per heavy atom. The van der Waals surface area contributed by atoms with Gasteiger partial charge < -0.3 is 14.6 Å². The number of carboxylic acids is 1. The van der Waals surface area contributed by atoms with Crippen LogP contribution in [0.2, 0.25) is 0 Å². The SMILES string of the molecule is CN(C)S(=O)(=O)N1CCC2(CC1)COC(COc1cccnc1)C2.O=C(O)C(F)(F)F. The van der Waals surface area contributed by atoms with E-state index in [1.807, 2.05) is 12.1 Å². The summed E-state index contributed by atoms with van der Waals surface area (Å²) >= 11 is 0. The third kappa shape index (κ3) is 7.02. The first-order chi connectivity index (χ1) is 14.4. The molecular weight excluding hydrogens is 443 g/mol. The highest BCUT2D eigenvalue weighted by molar-refractivity contribution is 7.86. The van der Waals surface area contributed by atoms with E-state index in [0.717, 1.165) is 25.0 Å². The minimum absolute atomic E-state index is 0.0576. The predicted octanol–water partition coefficient (Wildman–Crippen LogP) is 1.77. The molecule has 0 aliphatic carbocycles. The van der Waals surface area contributed by atoms with Crippen LogP contribution in [-0.4, -0.2) is 85.8 Å². The van der Waals surface area contributed by atoms with Gasteiger partial charge in [0.2, 0.25) is 0 Å². The standard InChI is InChI=1S/C16H25N3O4S.C2HF3O2/c1-18(2)24(20,21)19-8-5-16(6-9-19)10-15(23-13-16)12-22-14-4-3-7-17-11-14;3-2(4,5)1(6)7/h3-4,7,11,15H,5-6,8-10,12-13H2,1-2H3;(H,6,7). The van der Waals surface area contributed by atoms with Gasteiger partial charge in [-0.15, -0.1) is 0 Å². The molecule has 2 aliphatic rings. The van der Waals surface area contributed by atoms with Gasteiger partial charge in [-0.25, -0.2) is 4.79 Å². The zero-order valence-corrected chi connectivity index (χ0v) is 18.0. The van der Waals surface area contributed by atoms with Crippen LogP contribution in [-0.2, 0) is 19.7 Å². The second kappa shape index (κ2) is 10.1. The molecule has 1 aromatic heterocycles. The Hall–Kier alpha value is -1.96. The third-order valence-electron chi connectivity index (χ3n) is 5.17. The number of alkyl halides is 3. The van der Waals surface area contributed by atoms with Crippen molar-refractivity contribution in [3.8, 4) is 5.75 Å². The van der Waals surface area contributed by atoms with Crippen molar-refractivity contribution in [3.63, 3.8) is 0 Å². The van der Waals surface area contributed by atoms with Crippen LogP contribution in [0.4, 0.5) is 13.2 Å². The van der Waals surface area contributed by atoms with Crippen LogP contribution >= 0.6 is 0 Å². The molecule has 9 nitrogen and oxygen atoms in total. The largest absolute Gasteiger partial charge is 0.490 e. The molecule has 1 aromatic rings. The molecule has 3 rings (SSSR count). The van der Waals surface area contributed by atoms with E-state index >= 15 is 0 Å². The monoisotopic (exact) mass is 469 g/mol. The van der Waals surface area contributed by atoms with Gasteiger partial charge in [0.25, 0.3) is 10.2 Å². The third-order valence-corrected chi connectivity index (χ3v) is 7.11. The van der Waals surface area contributed by atoms with Gasteiger partial charge in [-0.2, -0.15) is 30.2 Å². The molecule has 31 heavy (non-hydrogen) atoms. The smallest absolute Gasteiger partial charge is 0.489 e. The van der Waals surface area contributed by atoms with E-state index in [9.17, 15) is 21.6 Å². The van der Waals surface area contributed by atoms with Crippen molar-refractivity contribution in [3.05, 3.63) is 24.5 Å². The summed E-state index contributed by atoms with van der Waals surface area (Å²) in [6.45, 7) is 2.30. The molecule has 2 saturated heterocycles. The first-order valence-corrected chi connectivity index (χ1v) is 10.9. The van der Waals surface area contributed by atoms with Gasteiger partial charge in [0.1, 0.15) is 12.4 Å². The highest BCUT2D eigenvalue weighted by Gasteiger charge is 2.44. The van der Waals surface area contributed by atoms with Crippen molar-refractivity contribution >= 4 is 16.2 Å². The zero-order chi connectivity index (χ0) is 23.3. The van der Waals surface area contributed by atoms with Gasteiger partial charge >= 0.3 is 12.1 Å². The molecule has 1 spiro atoms. The lowest BCUT2D eigenvalue weighted by molar-refractivity contribution is -0.192.